The lowest BCUT2D eigenvalue weighted by Gasteiger charge is -2.19. The molecule has 8 aromatic carbocycles. The molecule has 0 bridgehead atoms. The number of furan rings is 2. The van der Waals surface area contributed by atoms with Crippen LogP contribution in [0.3, 0.4) is 0 Å². The topological polar surface area (TPSA) is 59.9 Å². The molecule has 0 fully saturated rings. The van der Waals surface area contributed by atoms with E-state index in [9.17, 15) is 5.26 Å². The number of nitriles is 1. The van der Waals surface area contributed by atoms with Crippen molar-refractivity contribution in [2.75, 3.05) is 0 Å². The molecular formula is C49H25F2N3O2. The Labute approximate surface area is 316 Å². The van der Waals surface area contributed by atoms with Crippen LogP contribution in [-0.4, -0.2) is 9.13 Å². The molecule has 12 aromatic rings. The van der Waals surface area contributed by atoms with Crippen LogP contribution in [0.15, 0.2) is 160 Å². The van der Waals surface area contributed by atoms with Gasteiger partial charge in [-0.3, -0.25) is 0 Å². The Morgan fingerprint density at radius 2 is 0.875 bits per heavy atom. The first kappa shape index (κ1) is 30.7. The van der Waals surface area contributed by atoms with Crippen molar-refractivity contribution in [3.8, 4) is 28.6 Å². The lowest BCUT2D eigenvalue weighted by molar-refractivity contribution is 0.589. The zero-order valence-electron chi connectivity index (χ0n) is 29.3. The van der Waals surface area contributed by atoms with Gasteiger partial charge in [0, 0.05) is 43.1 Å². The summed E-state index contributed by atoms with van der Waals surface area (Å²) in [6.07, 6.45) is 0. The van der Waals surface area contributed by atoms with E-state index in [1.54, 1.807) is 12.1 Å². The van der Waals surface area contributed by atoms with E-state index in [0.717, 1.165) is 76.3 Å². The predicted molar refractivity (Wildman–Crippen MR) is 220 cm³/mol. The maximum atomic E-state index is 16.0. The minimum atomic E-state index is -0.713. The third-order valence-corrected chi connectivity index (χ3v) is 11.3. The highest BCUT2D eigenvalue weighted by Crippen LogP contribution is 2.45. The van der Waals surface area contributed by atoms with Gasteiger partial charge in [-0.15, -0.1) is 0 Å². The molecule has 0 spiro atoms. The number of hydrogen-bond donors (Lipinski definition) is 0. The lowest BCUT2D eigenvalue weighted by Crippen LogP contribution is -2.06. The predicted octanol–water partition coefficient (Wildman–Crippen LogP) is 13.5. The molecular weight excluding hydrogens is 701 g/mol. The molecule has 0 saturated carbocycles. The Morgan fingerprint density at radius 1 is 0.446 bits per heavy atom. The fourth-order valence-corrected chi connectivity index (χ4v) is 8.96. The molecule has 0 aliphatic heterocycles. The Bertz CT molecular complexity index is 3480. The van der Waals surface area contributed by atoms with Gasteiger partial charge in [-0.2, -0.15) is 5.26 Å². The average Bonchev–Trinajstić information content (AvgIpc) is 3.98. The summed E-state index contributed by atoms with van der Waals surface area (Å²) in [5.41, 5.74) is 7.15. The second kappa shape index (κ2) is 11.2. The van der Waals surface area contributed by atoms with Crippen molar-refractivity contribution < 1.29 is 17.6 Å². The summed E-state index contributed by atoms with van der Waals surface area (Å²) in [6, 6.07) is 49.9. The van der Waals surface area contributed by atoms with E-state index in [1.165, 1.54) is 18.2 Å². The Kier molecular flexibility index (Phi) is 6.13. The fraction of sp³-hybridized carbons (Fsp3) is 0. The molecule has 0 amide bonds. The van der Waals surface area contributed by atoms with Crippen LogP contribution in [0, 0.1) is 23.0 Å². The minimum absolute atomic E-state index is 0.191. The summed E-state index contributed by atoms with van der Waals surface area (Å²) in [5.74, 6) is -1.43. The van der Waals surface area contributed by atoms with E-state index >= 15 is 8.78 Å². The van der Waals surface area contributed by atoms with Crippen LogP contribution in [0.1, 0.15) is 5.56 Å². The van der Waals surface area contributed by atoms with E-state index in [2.05, 4.69) is 30.3 Å². The maximum Gasteiger partial charge on any atom is 0.160 e. The highest BCUT2D eigenvalue weighted by atomic mass is 19.1. The second-order valence-corrected chi connectivity index (χ2v) is 14.2. The summed E-state index contributed by atoms with van der Waals surface area (Å²) < 4.78 is 49.3. The van der Waals surface area contributed by atoms with Crippen LogP contribution < -0.4 is 0 Å². The van der Waals surface area contributed by atoms with Gasteiger partial charge in [0.1, 0.15) is 34.4 Å². The third kappa shape index (κ3) is 3.99. The average molecular weight is 726 g/mol. The van der Waals surface area contributed by atoms with Gasteiger partial charge < -0.3 is 18.0 Å². The van der Waals surface area contributed by atoms with Crippen LogP contribution in [-0.2, 0) is 0 Å². The molecule has 5 nitrogen and oxygen atoms in total. The fourth-order valence-electron chi connectivity index (χ4n) is 8.96. The summed E-state index contributed by atoms with van der Waals surface area (Å²) in [4.78, 5) is 0. The number of para-hydroxylation sites is 4. The Hall–Kier alpha value is -7.69. The highest BCUT2D eigenvalue weighted by molar-refractivity contribution is 6.23. The van der Waals surface area contributed by atoms with Gasteiger partial charge in [-0.25, -0.2) is 8.78 Å². The van der Waals surface area contributed by atoms with Crippen LogP contribution >= 0.6 is 0 Å². The van der Waals surface area contributed by atoms with Gasteiger partial charge in [0.2, 0.25) is 0 Å². The zero-order chi connectivity index (χ0) is 37.2. The smallest absolute Gasteiger partial charge is 0.160 e. The molecule has 0 aliphatic carbocycles. The lowest BCUT2D eigenvalue weighted by atomic mass is 9.99. The molecule has 0 saturated heterocycles. The van der Waals surface area contributed by atoms with E-state index < -0.39 is 11.6 Å². The van der Waals surface area contributed by atoms with Crippen molar-refractivity contribution in [3.63, 3.8) is 0 Å². The number of fused-ring (bicyclic) bond motifs is 14. The maximum absolute atomic E-state index is 16.0. The normalized spacial score (nSPS) is 12.1. The quantitative estimate of drug-likeness (QED) is 0.182. The molecule has 0 radical (unpaired) electrons. The summed E-state index contributed by atoms with van der Waals surface area (Å²) in [7, 11) is 0. The summed E-state index contributed by atoms with van der Waals surface area (Å²) >= 11 is 0. The Morgan fingerprint density at radius 3 is 1.36 bits per heavy atom. The number of nitrogens with zero attached hydrogens (tertiary/aromatic N) is 3. The molecule has 4 aromatic heterocycles. The first-order valence-corrected chi connectivity index (χ1v) is 18.3. The van der Waals surface area contributed by atoms with Gasteiger partial charge in [-0.05, 0) is 66.2 Å². The third-order valence-electron chi connectivity index (χ3n) is 11.3. The van der Waals surface area contributed by atoms with Crippen LogP contribution in [0.4, 0.5) is 8.78 Å². The SMILES string of the molecule is N#Cc1c(-n2c3ccccc3c3ccc4c5ccccc5oc4c32)cc(-c2c(F)cccc2F)cc1-n1c2ccccc2c2ccc3c4ccccc4oc3c21. The molecule has 56 heavy (non-hydrogen) atoms. The number of rotatable bonds is 3. The second-order valence-electron chi connectivity index (χ2n) is 14.2. The standard InChI is InChI=1S/C49H25F2N3O2/c50-37-14-9-15-38(51)45(37)27-24-41(53-39-16-5-1-10-28(39)32-20-22-34-30-12-3-7-18-43(30)55-48(34)46(32)53)36(26-52)42(25-27)54-40-17-6-2-11-29(40)33-21-23-35-31-13-4-8-19-44(31)56-49(35)47(33)54/h1-25H. The largest absolute Gasteiger partial charge is 0.454 e. The number of halogens is 2. The first-order valence-electron chi connectivity index (χ1n) is 18.3. The summed E-state index contributed by atoms with van der Waals surface area (Å²) in [5, 5.41) is 18.9. The van der Waals surface area contributed by atoms with Gasteiger partial charge in [-0.1, -0.05) is 91.0 Å². The molecule has 4 heterocycles. The molecule has 0 N–H and O–H groups in total. The van der Waals surface area contributed by atoms with Crippen molar-refractivity contribution in [2.24, 2.45) is 0 Å². The van der Waals surface area contributed by atoms with Crippen molar-refractivity contribution >= 4 is 87.5 Å². The van der Waals surface area contributed by atoms with Gasteiger partial charge in [0.25, 0.3) is 0 Å². The van der Waals surface area contributed by atoms with Crippen LogP contribution in [0.5, 0.6) is 0 Å². The van der Waals surface area contributed by atoms with Crippen molar-refractivity contribution in [3.05, 3.63) is 169 Å². The molecule has 0 unspecified atom stereocenters. The Balaban J connectivity index is 1.31. The number of aromatic nitrogens is 2. The zero-order valence-corrected chi connectivity index (χ0v) is 29.3. The molecule has 0 atom stereocenters. The van der Waals surface area contributed by atoms with Crippen molar-refractivity contribution in [1.29, 1.82) is 5.26 Å². The van der Waals surface area contributed by atoms with Crippen LogP contribution in [0.2, 0.25) is 0 Å². The van der Waals surface area contributed by atoms with Gasteiger partial charge >= 0.3 is 0 Å². The van der Waals surface area contributed by atoms with Gasteiger partial charge in [0.15, 0.2) is 11.2 Å². The molecule has 0 aliphatic rings. The van der Waals surface area contributed by atoms with E-state index in [1.807, 2.05) is 106 Å². The van der Waals surface area contributed by atoms with Crippen molar-refractivity contribution in [2.45, 2.75) is 0 Å². The van der Waals surface area contributed by atoms with Crippen LogP contribution in [0.25, 0.3) is 110 Å². The molecule has 262 valence electrons. The molecule has 12 rings (SSSR count). The molecule has 7 heteroatoms. The van der Waals surface area contributed by atoms with E-state index in [-0.39, 0.29) is 11.1 Å². The monoisotopic (exact) mass is 725 g/mol. The first-order chi connectivity index (χ1) is 27.6. The number of benzene rings is 8. The minimum Gasteiger partial charge on any atom is -0.454 e. The van der Waals surface area contributed by atoms with Crippen molar-refractivity contribution in [1.82, 2.24) is 9.13 Å². The van der Waals surface area contributed by atoms with E-state index in [4.69, 9.17) is 8.83 Å². The summed E-state index contributed by atoms with van der Waals surface area (Å²) in [6.45, 7) is 0. The highest BCUT2D eigenvalue weighted by Gasteiger charge is 2.27. The number of hydrogen-bond acceptors (Lipinski definition) is 3. The van der Waals surface area contributed by atoms with Gasteiger partial charge in [0.05, 0.1) is 39.0 Å². The van der Waals surface area contributed by atoms with E-state index in [0.29, 0.717) is 28.1 Å².